The van der Waals surface area contributed by atoms with Gasteiger partial charge in [0.25, 0.3) is 0 Å². The van der Waals surface area contributed by atoms with Crippen LogP contribution in [0.1, 0.15) is 66.0 Å². The van der Waals surface area contributed by atoms with E-state index in [2.05, 4.69) is 45.3 Å². The fourth-order valence-electron chi connectivity index (χ4n) is 3.04. The SMILES string of the molecule is CCCCN(Cc1cccn1C)C(=O)C[C@@H](C)CC(C)(C)C. The Bertz CT molecular complexity index is 456. The van der Waals surface area contributed by atoms with E-state index in [0.29, 0.717) is 18.2 Å². The molecule has 1 aromatic rings. The first-order valence-corrected chi connectivity index (χ1v) is 8.61. The van der Waals surface area contributed by atoms with Crippen molar-refractivity contribution >= 4 is 5.91 Å². The number of aryl methyl sites for hydroxylation is 1. The van der Waals surface area contributed by atoms with E-state index in [-0.39, 0.29) is 5.41 Å². The van der Waals surface area contributed by atoms with Gasteiger partial charge in [0.05, 0.1) is 6.54 Å². The number of unbranched alkanes of at least 4 members (excludes halogenated alkanes) is 1. The minimum atomic E-state index is 0.284. The lowest BCUT2D eigenvalue weighted by Gasteiger charge is -2.27. The maximum absolute atomic E-state index is 12.7. The third-order valence-corrected chi connectivity index (χ3v) is 4.02. The lowest BCUT2D eigenvalue weighted by atomic mass is 9.84. The van der Waals surface area contributed by atoms with Crippen LogP contribution < -0.4 is 0 Å². The summed E-state index contributed by atoms with van der Waals surface area (Å²) in [5.41, 5.74) is 1.49. The highest BCUT2D eigenvalue weighted by Gasteiger charge is 2.21. The van der Waals surface area contributed by atoms with Gasteiger partial charge in [0, 0.05) is 31.9 Å². The molecular weight excluding hydrogens is 272 g/mol. The number of aromatic nitrogens is 1. The van der Waals surface area contributed by atoms with E-state index in [1.807, 2.05) is 24.2 Å². The zero-order valence-corrected chi connectivity index (χ0v) is 15.4. The van der Waals surface area contributed by atoms with Crippen LogP contribution >= 0.6 is 0 Å². The molecule has 0 spiro atoms. The maximum atomic E-state index is 12.7. The summed E-state index contributed by atoms with van der Waals surface area (Å²) in [6.45, 7) is 12.7. The molecular formula is C19H34N2O. The van der Waals surface area contributed by atoms with Gasteiger partial charge in [-0.2, -0.15) is 0 Å². The van der Waals surface area contributed by atoms with Crippen LogP contribution in [0, 0.1) is 11.3 Å². The van der Waals surface area contributed by atoms with Gasteiger partial charge in [-0.15, -0.1) is 0 Å². The Morgan fingerprint density at radius 2 is 2.05 bits per heavy atom. The monoisotopic (exact) mass is 306 g/mol. The first-order chi connectivity index (χ1) is 10.2. The molecule has 0 saturated carbocycles. The number of hydrogen-bond donors (Lipinski definition) is 0. The molecule has 126 valence electrons. The predicted octanol–water partition coefficient (Wildman–Crippen LogP) is 4.62. The zero-order chi connectivity index (χ0) is 16.8. The van der Waals surface area contributed by atoms with Gasteiger partial charge >= 0.3 is 0 Å². The van der Waals surface area contributed by atoms with Crippen LogP contribution in [0.25, 0.3) is 0 Å². The molecule has 3 nitrogen and oxygen atoms in total. The number of carbonyl (C=O) groups is 1. The summed E-state index contributed by atoms with van der Waals surface area (Å²) in [5, 5.41) is 0. The smallest absolute Gasteiger partial charge is 0.223 e. The summed E-state index contributed by atoms with van der Waals surface area (Å²) in [7, 11) is 2.04. The Hall–Kier alpha value is -1.25. The van der Waals surface area contributed by atoms with E-state index in [9.17, 15) is 4.79 Å². The molecule has 0 aliphatic carbocycles. The first-order valence-electron chi connectivity index (χ1n) is 8.61. The number of amides is 1. The van der Waals surface area contributed by atoms with E-state index in [1.165, 1.54) is 5.69 Å². The molecule has 0 aromatic carbocycles. The lowest BCUT2D eigenvalue weighted by Crippen LogP contribution is -2.33. The molecule has 0 saturated heterocycles. The third kappa shape index (κ3) is 6.67. The van der Waals surface area contributed by atoms with Gasteiger partial charge in [-0.1, -0.05) is 41.0 Å². The molecule has 1 rings (SSSR count). The summed E-state index contributed by atoms with van der Waals surface area (Å²) in [6.07, 6.45) is 5.98. The van der Waals surface area contributed by atoms with Crippen LogP contribution in [0.3, 0.4) is 0 Å². The van der Waals surface area contributed by atoms with E-state index in [4.69, 9.17) is 0 Å². The fourth-order valence-corrected chi connectivity index (χ4v) is 3.04. The molecule has 1 aromatic heterocycles. The number of nitrogens with zero attached hydrogens (tertiary/aromatic N) is 2. The lowest BCUT2D eigenvalue weighted by molar-refractivity contribution is -0.133. The predicted molar refractivity (Wildman–Crippen MR) is 93.6 cm³/mol. The average molecular weight is 306 g/mol. The van der Waals surface area contributed by atoms with Gasteiger partial charge in [0.2, 0.25) is 5.91 Å². The Morgan fingerprint density at radius 1 is 1.36 bits per heavy atom. The van der Waals surface area contributed by atoms with Gasteiger partial charge in [0.15, 0.2) is 0 Å². The number of hydrogen-bond acceptors (Lipinski definition) is 1. The minimum Gasteiger partial charge on any atom is -0.353 e. The topological polar surface area (TPSA) is 25.2 Å². The molecule has 0 bridgehead atoms. The van der Waals surface area contributed by atoms with Gasteiger partial charge in [0.1, 0.15) is 0 Å². The summed E-state index contributed by atoms with van der Waals surface area (Å²) < 4.78 is 2.10. The van der Waals surface area contributed by atoms with E-state index in [1.54, 1.807) is 0 Å². The molecule has 0 N–H and O–H groups in total. The second-order valence-corrected chi connectivity index (χ2v) is 7.85. The molecule has 0 unspecified atom stereocenters. The maximum Gasteiger partial charge on any atom is 0.223 e. The van der Waals surface area contributed by atoms with E-state index < -0.39 is 0 Å². The summed E-state index contributed by atoms with van der Waals surface area (Å²) >= 11 is 0. The molecule has 22 heavy (non-hydrogen) atoms. The van der Waals surface area contributed by atoms with Crippen molar-refractivity contribution < 1.29 is 4.79 Å². The Balaban J connectivity index is 2.66. The van der Waals surface area contributed by atoms with Crippen molar-refractivity contribution in [3.05, 3.63) is 24.0 Å². The molecule has 0 radical (unpaired) electrons. The largest absolute Gasteiger partial charge is 0.353 e. The zero-order valence-electron chi connectivity index (χ0n) is 15.4. The van der Waals surface area contributed by atoms with Gasteiger partial charge < -0.3 is 9.47 Å². The van der Waals surface area contributed by atoms with Gasteiger partial charge in [-0.05, 0) is 36.3 Å². The molecule has 0 fully saturated rings. The average Bonchev–Trinajstić information content (AvgIpc) is 2.77. The Morgan fingerprint density at radius 3 is 2.55 bits per heavy atom. The van der Waals surface area contributed by atoms with Crippen LogP contribution in [0.15, 0.2) is 18.3 Å². The van der Waals surface area contributed by atoms with Crippen LogP contribution in [-0.4, -0.2) is 21.9 Å². The number of carbonyl (C=O) groups excluding carboxylic acids is 1. The Kier molecular flexibility index (Phi) is 7.18. The standard InChI is InChI=1S/C19H34N2O/c1-7-8-12-21(15-17-10-9-11-20(17)6)18(22)13-16(2)14-19(3,4)5/h9-11,16H,7-8,12-15H2,1-6H3/t16-/m1/s1. The minimum absolute atomic E-state index is 0.284. The van der Waals surface area contributed by atoms with Crippen molar-refractivity contribution in [3.8, 4) is 0 Å². The fraction of sp³-hybridized carbons (Fsp3) is 0.737. The molecule has 1 amide bonds. The van der Waals surface area contributed by atoms with Crippen LogP contribution in [0.5, 0.6) is 0 Å². The quantitative estimate of drug-likeness (QED) is 0.688. The highest BCUT2D eigenvalue weighted by Crippen LogP contribution is 2.26. The van der Waals surface area contributed by atoms with Crippen LogP contribution in [0.2, 0.25) is 0 Å². The summed E-state index contributed by atoms with van der Waals surface area (Å²) in [5.74, 6) is 0.733. The summed E-state index contributed by atoms with van der Waals surface area (Å²) in [6, 6.07) is 4.14. The van der Waals surface area contributed by atoms with Crippen molar-refractivity contribution in [3.63, 3.8) is 0 Å². The van der Waals surface area contributed by atoms with Crippen LogP contribution in [0.4, 0.5) is 0 Å². The van der Waals surface area contributed by atoms with E-state index in [0.717, 1.165) is 32.4 Å². The second-order valence-electron chi connectivity index (χ2n) is 7.85. The number of rotatable bonds is 8. The third-order valence-electron chi connectivity index (χ3n) is 4.02. The van der Waals surface area contributed by atoms with Crippen molar-refractivity contribution in [2.24, 2.45) is 18.4 Å². The van der Waals surface area contributed by atoms with Crippen molar-refractivity contribution in [1.29, 1.82) is 0 Å². The molecule has 1 atom stereocenters. The van der Waals surface area contributed by atoms with Crippen molar-refractivity contribution in [2.45, 2.75) is 66.8 Å². The van der Waals surface area contributed by atoms with Crippen molar-refractivity contribution in [2.75, 3.05) is 6.54 Å². The molecule has 1 heterocycles. The first kappa shape index (κ1) is 18.8. The van der Waals surface area contributed by atoms with Gasteiger partial charge in [-0.3, -0.25) is 4.79 Å². The molecule has 3 heteroatoms. The second kappa shape index (κ2) is 8.40. The summed E-state index contributed by atoms with van der Waals surface area (Å²) in [4.78, 5) is 14.7. The molecule has 0 aliphatic heterocycles. The van der Waals surface area contributed by atoms with Crippen LogP contribution in [-0.2, 0) is 18.4 Å². The normalized spacial score (nSPS) is 13.2. The Labute approximate surface area is 136 Å². The van der Waals surface area contributed by atoms with E-state index >= 15 is 0 Å². The van der Waals surface area contributed by atoms with Gasteiger partial charge in [-0.25, -0.2) is 0 Å². The highest BCUT2D eigenvalue weighted by atomic mass is 16.2. The van der Waals surface area contributed by atoms with Crippen molar-refractivity contribution in [1.82, 2.24) is 9.47 Å². The molecule has 0 aliphatic rings. The highest BCUT2D eigenvalue weighted by molar-refractivity contribution is 5.76.